The summed E-state index contributed by atoms with van der Waals surface area (Å²) < 4.78 is 29.4. The molecular formula is C19H27F2N5O3. The quantitative estimate of drug-likeness (QED) is 0.517. The molecular weight excluding hydrogens is 384 g/mol. The van der Waals surface area contributed by atoms with Crippen LogP contribution in [0.5, 0.6) is 5.75 Å². The topological polar surface area (TPSA) is 89.1 Å². The molecule has 4 rings (SSSR count). The fraction of sp³-hybridized carbons (Fsp3) is 0.632. The molecule has 5 atom stereocenters. The fourth-order valence-electron chi connectivity index (χ4n) is 4.29. The van der Waals surface area contributed by atoms with E-state index < -0.39 is 18.6 Å². The lowest BCUT2D eigenvalue weighted by atomic mass is 9.94. The van der Waals surface area contributed by atoms with Gasteiger partial charge in [0.05, 0.1) is 30.8 Å². The van der Waals surface area contributed by atoms with Gasteiger partial charge in [-0.3, -0.25) is 15.0 Å². The lowest BCUT2D eigenvalue weighted by Gasteiger charge is -2.42. The van der Waals surface area contributed by atoms with Crippen LogP contribution in [-0.4, -0.2) is 66.7 Å². The summed E-state index contributed by atoms with van der Waals surface area (Å²) in [5, 5.41) is 18.3. The maximum absolute atomic E-state index is 12.8. The van der Waals surface area contributed by atoms with Crippen LogP contribution in [0.25, 0.3) is 0 Å². The van der Waals surface area contributed by atoms with Crippen molar-refractivity contribution in [3.8, 4) is 5.75 Å². The van der Waals surface area contributed by atoms with E-state index in [4.69, 9.17) is 0 Å². The van der Waals surface area contributed by atoms with Crippen LogP contribution in [0.4, 0.5) is 8.78 Å². The highest BCUT2D eigenvalue weighted by Crippen LogP contribution is 2.47. The Morgan fingerprint density at radius 2 is 1.97 bits per heavy atom. The Morgan fingerprint density at radius 1 is 1.28 bits per heavy atom. The molecule has 0 radical (unpaired) electrons. The van der Waals surface area contributed by atoms with Crippen molar-refractivity contribution in [3.63, 3.8) is 0 Å². The number of hydrazine groups is 1. The third-order valence-corrected chi connectivity index (χ3v) is 5.83. The van der Waals surface area contributed by atoms with Gasteiger partial charge in [0.2, 0.25) is 5.91 Å². The Morgan fingerprint density at radius 3 is 2.52 bits per heavy atom. The van der Waals surface area contributed by atoms with Crippen molar-refractivity contribution in [2.24, 2.45) is 11.8 Å². The molecule has 1 aliphatic carbocycles. The summed E-state index contributed by atoms with van der Waals surface area (Å²) in [4.78, 5) is 14.6. The zero-order valence-electron chi connectivity index (χ0n) is 16.4. The maximum Gasteiger partial charge on any atom is 0.387 e. The predicted octanol–water partition coefficient (Wildman–Crippen LogP) is 0.427. The number of aliphatic hydroxyl groups is 1. The van der Waals surface area contributed by atoms with E-state index in [-0.39, 0.29) is 36.8 Å². The Hall–Kier alpha value is -1.85. The number of halogens is 2. The lowest BCUT2D eigenvalue weighted by Crippen LogP contribution is -2.68. The number of nitrogens with zero attached hydrogens (tertiary/aromatic N) is 2. The summed E-state index contributed by atoms with van der Waals surface area (Å²) >= 11 is 0. The molecule has 0 bridgehead atoms. The molecule has 0 spiro atoms. The van der Waals surface area contributed by atoms with Gasteiger partial charge in [-0.05, 0) is 50.6 Å². The fourth-order valence-corrected chi connectivity index (χ4v) is 4.29. The van der Waals surface area contributed by atoms with Gasteiger partial charge in [0.25, 0.3) is 0 Å². The minimum absolute atomic E-state index is 0.0548. The molecule has 8 nitrogen and oxygen atoms in total. The smallest absolute Gasteiger partial charge is 0.387 e. The molecule has 10 heteroatoms. The standard InChI is InChI=1S/C19H27F2N5O3/c1-25(2)19-22-16-14(17(28)23-19)13(9-27)24-26(16)15(10-3-4-10)11-5-7-12(8-6-11)29-18(20)21/h5-8,10,13-16,18-19,22,24,27H,3-4,9H2,1-2H3,(H,23,28). The molecule has 4 N–H and O–H groups in total. The SMILES string of the molecule is CN(C)C1NC(=O)C2C(CO)NN(C(c3ccc(OC(F)F)cc3)C3CC3)C2N1. The van der Waals surface area contributed by atoms with Crippen molar-refractivity contribution in [2.75, 3.05) is 20.7 Å². The molecule has 160 valence electrons. The summed E-state index contributed by atoms with van der Waals surface area (Å²) in [6.07, 6.45) is 1.45. The highest BCUT2D eigenvalue weighted by molar-refractivity contribution is 5.81. The van der Waals surface area contributed by atoms with Crippen LogP contribution in [0.1, 0.15) is 24.4 Å². The maximum atomic E-state index is 12.8. The number of aliphatic hydroxyl groups excluding tert-OH is 1. The minimum atomic E-state index is -2.86. The average Bonchev–Trinajstić information content (AvgIpc) is 3.44. The molecule has 0 aromatic heterocycles. The number of ether oxygens (including phenoxy) is 1. The molecule has 1 aromatic rings. The zero-order valence-corrected chi connectivity index (χ0v) is 16.4. The second-order valence-electron chi connectivity index (χ2n) is 8.07. The number of benzene rings is 1. The van der Waals surface area contributed by atoms with Gasteiger partial charge in [-0.1, -0.05) is 12.1 Å². The molecule has 1 amide bonds. The number of amides is 1. The molecule has 3 fully saturated rings. The van der Waals surface area contributed by atoms with Gasteiger partial charge in [0, 0.05) is 0 Å². The van der Waals surface area contributed by atoms with E-state index in [1.165, 1.54) is 12.1 Å². The first-order chi connectivity index (χ1) is 13.9. The van der Waals surface area contributed by atoms with E-state index >= 15 is 0 Å². The molecule has 2 saturated heterocycles. The molecule has 1 aromatic carbocycles. The number of alkyl halides is 2. The van der Waals surface area contributed by atoms with Gasteiger partial charge >= 0.3 is 6.61 Å². The summed E-state index contributed by atoms with van der Waals surface area (Å²) in [5.41, 5.74) is 4.28. The average molecular weight is 411 g/mol. The number of carbonyl (C=O) groups excluding carboxylic acids is 1. The van der Waals surface area contributed by atoms with Crippen molar-refractivity contribution in [1.29, 1.82) is 0 Å². The second kappa shape index (κ2) is 8.11. The monoisotopic (exact) mass is 411 g/mol. The van der Waals surface area contributed by atoms with Crippen molar-refractivity contribution < 1.29 is 23.4 Å². The third-order valence-electron chi connectivity index (χ3n) is 5.83. The Bertz CT molecular complexity index is 731. The number of hydrogen-bond acceptors (Lipinski definition) is 7. The predicted molar refractivity (Wildman–Crippen MR) is 100 cm³/mol. The van der Waals surface area contributed by atoms with Crippen molar-refractivity contribution in [3.05, 3.63) is 29.8 Å². The minimum Gasteiger partial charge on any atom is -0.435 e. The first-order valence-corrected chi connectivity index (χ1v) is 9.82. The summed E-state index contributed by atoms with van der Waals surface area (Å²) in [5.74, 6) is -0.0655. The van der Waals surface area contributed by atoms with Gasteiger partial charge in [-0.15, -0.1) is 0 Å². The Balaban J connectivity index is 1.62. The lowest BCUT2D eigenvalue weighted by molar-refractivity contribution is -0.134. The summed E-state index contributed by atoms with van der Waals surface area (Å²) in [6, 6.07) is 6.19. The second-order valence-corrected chi connectivity index (χ2v) is 8.07. The first-order valence-electron chi connectivity index (χ1n) is 9.82. The van der Waals surface area contributed by atoms with Crippen LogP contribution in [0, 0.1) is 11.8 Å². The van der Waals surface area contributed by atoms with E-state index in [1.807, 2.05) is 24.0 Å². The first kappa shape index (κ1) is 20.4. The van der Waals surface area contributed by atoms with Gasteiger partial charge < -0.3 is 15.2 Å². The van der Waals surface area contributed by atoms with Gasteiger partial charge in [-0.2, -0.15) is 8.78 Å². The number of rotatable bonds is 7. The van der Waals surface area contributed by atoms with Crippen molar-refractivity contribution >= 4 is 5.91 Å². The van der Waals surface area contributed by atoms with E-state index in [0.717, 1.165) is 18.4 Å². The summed E-state index contributed by atoms with van der Waals surface area (Å²) in [7, 11) is 3.74. The zero-order chi connectivity index (χ0) is 20.7. The van der Waals surface area contributed by atoms with Crippen molar-refractivity contribution in [1.82, 2.24) is 26.0 Å². The van der Waals surface area contributed by atoms with Crippen LogP contribution in [0.3, 0.4) is 0 Å². The Labute approximate surface area is 168 Å². The molecule has 2 aliphatic heterocycles. The van der Waals surface area contributed by atoms with Gasteiger partial charge in [0.15, 0.2) is 0 Å². The van der Waals surface area contributed by atoms with Crippen molar-refractivity contribution in [2.45, 2.75) is 44.0 Å². The van der Waals surface area contributed by atoms with Crippen LogP contribution in [-0.2, 0) is 4.79 Å². The van der Waals surface area contributed by atoms with Gasteiger partial charge in [-0.25, -0.2) is 10.4 Å². The van der Waals surface area contributed by atoms with E-state index in [2.05, 4.69) is 20.8 Å². The van der Waals surface area contributed by atoms with Crippen LogP contribution in [0.15, 0.2) is 24.3 Å². The van der Waals surface area contributed by atoms with E-state index in [1.54, 1.807) is 12.1 Å². The van der Waals surface area contributed by atoms with E-state index in [0.29, 0.717) is 5.92 Å². The molecule has 5 unspecified atom stereocenters. The normalized spacial score (nSPS) is 31.1. The highest BCUT2D eigenvalue weighted by Gasteiger charge is 2.53. The molecule has 29 heavy (non-hydrogen) atoms. The van der Waals surface area contributed by atoms with Crippen LogP contribution in [0.2, 0.25) is 0 Å². The molecule has 3 aliphatic rings. The van der Waals surface area contributed by atoms with Crippen LogP contribution < -0.4 is 20.8 Å². The Kier molecular flexibility index (Phi) is 5.71. The number of fused-ring (bicyclic) bond motifs is 1. The number of hydrogen-bond donors (Lipinski definition) is 4. The highest BCUT2D eigenvalue weighted by atomic mass is 19.3. The van der Waals surface area contributed by atoms with Gasteiger partial charge in [0.1, 0.15) is 12.0 Å². The van der Waals surface area contributed by atoms with E-state index in [9.17, 15) is 18.7 Å². The third kappa shape index (κ3) is 4.08. The summed E-state index contributed by atoms with van der Waals surface area (Å²) in [6.45, 7) is -3.03. The molecule has 1 saturated carbocycles. The largest absolute Gasteiger partial charge is 0.435 e. The number of nitrogens with one attached hydrogen (secondary N) is 3. The molecule has 2 heterocycles. The van der Waals surface area contributed by atoms with Crippen LogP contribution >= 0.6 is 0 Å². The number of carbonyl (C=O) groups is 1.